The molecular formula is C10H10BrClN2O. The van der Waals surface area contributed by atoms with Crippen molar-refractivity contribution in [2.24, 2.45) is 5.73 Å². The molecule has 5 heteroatoms. The molecule has 1 aliphatic rings. The summed E-state index contributed by atoms with van der Waals surface area (Å²) in [4.78, 5) is 11.6. The number of nitrogens with one attached hydrogen (secondary N) is 1. The number of hydrogen-bond acceptors (Lipinski definition) is 2. The third-order valence-electron chi connectivity index (χ3n) is 2.42. The van der Waals surface area contributed by atoms with E-state index in [1.54, 1.807) is 18.2 Å². The fraction of sp³-hybridized carbons (Fsp3) is 0.300. The average molecular weight is 290 g/mol. The minimum Gasteiger partial charge on any atom is -0.323 e. The van der Waals surface area contributed by atoms with Gasteiger partial charge in [-0.15, -0.1) is 0 Å². The Morgan fingerprint density at radius 1 is 1.53 bits per heavy atom. The first kappa shape index (κ1) is 10.9. The lowest BCUT2D eigenvalue weighted by atomic mass is 10.2. The minimum absolute atomic E-state index is 0.134. The lowest BCUT2D eigenvalue weighted by molar-refractivity contribution is -0.118. The van der Waals surface area contributed by atoms with Crippen LogP contribution in [-0.4, -0.2) is 11.4 Å². The van der Waals surface area contributed by atoms with Crippen molar-refractivity contribution < 1.29 is 4.79 Å². The van der Waals surface area contributed by atoms with Gasteiger partial charge in [0, 0.05) is 9.50 Å². The molecule has 0 spiro atoms. The maximum Gasteiger partial charge on any atom is 0.244 e. The predicted octanol–water partition coefficient (Wildman–Crippen LogP) is 2.53. The predicted molar refractivity (Wildman–Crippen MR) is 63.9 cm³/mol. The molecule has 3 N–H and O–H groups in total. The van der Waals surface area contributed by atoms with Crippen LogP contribution in [0.4, 0.5) is 5.69 Å². The highest BCUT2D eigenvalue weighted by molar-refractivity contribution is 9.10. The van der Waals surface area contributed by atoms with E-state index in [1.807, 2.05) is 0 Å². The summed E-state index contributed by atoms with van der Waals surface area (Å²) < 4.78 is 0.757. The molecule has 1 amide bonds. The van der Waals surface area contributed by atoms with E-state index in [2.05, 4.69) is 21.2 Å². The quantitative estimate of drug-likeness (QED) is 0.879. The Balaban J connectivity index is 2.14. The van der Waals surface area contributed by atoms with Gasteiger partial charge in [-0.2, -0.15) is 0 Å². The third-order valence-corrected chi connectivity index (χ3v) is 3.31. The van der Waals surface area contributed by atoms with Crippen molar-refractivity contribution in [2.45, 2.75) is 18.4 Å². The summed E-state index contributed by atoms with van der Waals surface area (Å²) >= 11 is 9.11. The molecule has 1 saturated carbocycles. The van der Waals surface area contributed by atoms with Gasteiger partial charge in [0.05, 0.1) is 11.2 Å². The normalized spacial score (nSPS) is 17.3. The van der Waals surface area contributed by atoms with Gasteiger partial charge in [0.1, 0.15) is 0 Å². The standard InChI is InChI=1S/C10H10BrClN2O/c11-7-5-6(12)1-2-8(7)14-9(15)10(13)3-4-10/h1-2,5H,3-4,13H2,(H,14,15). The Morgan fingerprint density at radius 2 is 2.20 bits per heavy atom. The number of carbonyl (C=O) groups excluding carboxylic acids is 1. The second-order valence-electron chi connectivity index (χ2n) is 3.73. The summed E-state index contributed by atoms with van der Waals surface area (Å²) in [6.45, 7) is 0. The summed E-state index contributed by atoms with van der Waals surface area (Å²) in [5.41, 5.74) is 5.81. The van der Waals surface area contributed by atoms with Crippen molar-refractivity contribution in [3.05, 3.63) is 27.7 Å². The van der Waals surface area contributed by atoms with Crippen LogP contribution >= 0.6 is 27.5 Å². The second kappa shape index (κ2) is 3.77. The molecule has 1 fully saturated rings. The van der Waals surface area contributed by atoms with Gasteiger partial charge in [-0.3, -0.25) is 4.79 Å². The minimum atomic E-state index is -0.654. The summed E-state index contributed by atoms with van der Waals surface area (Å²) in [5.74, 6) is -0.134. The molecule has 0 heterocycles. The molecule has 80 valence electrons. The molecular weight excluding hydrogens is 279 g/mol. The van der Waals surface area contributed by atoms with Crippen molar-refractivity contribution in [1.82, 2.24) is 0 Å². The van der Waals surface area contributed by atoms with Gasteiger partial charge in [-0.05, 0) is 47.0 Å². The van der Waals surface area contributed by atoms with Crippen LogP contribution in [0.25, 0.3) is 0 Å². The zero-order valence-electron chi connectivity index (χ0n) is 7.89. The molecule has 0 aliphatic heterocycles. The Bertz CT molecular complexity index is 418. The zero-order valence-corrected chi connectivity index (χ0v) is 10.2. The molecule has 1 aromatic rings. The van der Waals surface area contributed by atoms with E-state index in [0.29, 0.717) is 10.7 Å². The highest BCUT2D eigenvalue weighted by atomic mass is 79.9. The van der Waals surface area contributed by atoms with Crippen LogP contribution < -0.4 is 11.1 Å². The molecule has 2 rings (SSSR count). The fourth-order valence-corrected chi connectivity index (χ4v) is 1.98. The monoisotopic (exact) mass is 288 g/mol. The first-order chi connectivity index (χ1) is 7.01. The molecule has 3 nitrogen and oxygen atoms in total. The number of hydrogen-bond donors (Lipinski definition) is 2. The maximum atomic E-state index is 11.6. The van der Waals surface area contributed by atoms with Gasteiger partial charge in [0.15, 0.2) is 0 Å². The van der Waals surface area contributed by atoms with Crippen LogP contribution in [0, 0.1) is 0 Å². The van der Waals surface area contributed by atoms with Crippen LogP contribution in [0.5, 0.6) is 0 Å². The van der Waals surface area contributed by atoms with Gasteiger partial charge in [0.25, 0.3) is 0 Å². The SMILES string of the molecule is NC1(C(=O)Nc2ccc(Cl)cc2Br)CC1. The number of benzene rings is 1. The number of rotatable bonds is 2. The third kappa shape index (κ3) is 2.33. The van der Waals surface area contributed by atoms with E-state index in [9.17, 15) is 4.79 Å². The fourth-order valence-electron chi connectivity index (χ4n) is 1.20. The first-order valence-corrected chi connectivity index (χ1v) is 5.74. The molecule has 1 aliphatic carbocycles. The van der Waals surface area contributed by atoms with Crippen LogP contribution in [0.3, 0.4) is 0 Å². The van der Waals surface area contributed by atoms with E-state index in [0.717, 1.165) is 17.3 Å². The average Bonchev–Trinajstić information content (AvgIpc) is 2.90. The van der Waals surface area contributed by atoms with Crippen LogP contribution in [0.15, 0.2) is 22.7 Å². The van der Waals surface area contributed by atoms with E-state index >= 15 is 0 Å². The molecule has 0 bridgehead atoms. The summed E-state index contributed by atoms with van der Waals surface area (Å²) in [6, 6.07) is 5.20. The van der Waals surface area contributed by atoms with Gasteiger partial charge < -0.3 is 11.1 Å². The van der Waals surface area contributed by atoms with Crippen molar-refractivity contribution in [1.29, 1.82) is 0 Å². The molecule has 15 heavy (non-hydrogen) atoms. The lowest BCUT2D eigenvalue weighted by Gasteiger charge is -2.11. The largest absolute Gasteiger partial charge is 0.323 e. The van der Waals surface area contributed by atoms with Gasteiger partial charge in [0.2, 0.25) is 5.91 Å². The summed E-state index contributed by atoms with van der Waals surface area (Å²) in [5, 5.41) is 3.39. The number of anilines is 1. The zero-order chi connectivity index (χ0) is 11.1. The van der Waals surface area contributed by atoms with Gasteiger partial charge >= 0.3 is 0 Å². The highest BCUT2D eigenvalue weighted by Gasteiger charge is 2.46. The Kier molecular flexibility index (Phi) is 2.75. The van der Waals surface area contributed by atoms with Crippen LogP contribution in [0.2, 0.25) is 5.02 Å². The van der Waals surface area contributed by atoms with Gasteiger partial charge in [-0.1, -0.05) is 11.6 Å². The Morgan fingerprint density at radius 3 is 2.73 bits per heavy atom. The van der Waals surface area contributed by atoms with Crippen molar-refractivity contribution in [3.63, 3.8) is 0 Å². The summed E-state index contributed by atoms with van der Waals surface area (Å²) in [6.07, 6.45) is 1.51. The van der Waals surface area contributed by atoms with Crippen LogP contribution in [0.1, 0.15) is 12.8 Å². The molecule has 1 aromatic carbocycles. The molecule has 0 unspecified atom stereocenters. The van der Waals surface area contributed by atoms with E-state index in [-0.39, 0.29) is 5.91 Å². The Labute approximate surface area is 101 Å². The number of amides is 1. The smallest absolute Gasteiger partial charge is 0.244 e. The van der Waals surface area contributed by atoms with E-state index < -0.39 is 5.54 Å². The number of halogens is 2. The van der Waals surface area contributed by atoms with Crippen molar-refractivity contribution in [3.8, 4) is 0 Å². The first-order valence-electron chi connectivity index (χ1n) is 4.57. The molecule has 0 saturated heterocycles. The molecule has 0 radical (unpaired) electrons. The topological polar surface area (TPSA) is 55.1 Å². The highest BCUT2D eigenvalue weighted by Crippen LogP contribution is 2.34. The second-order valence-corrected chi connectivity index (χ2v) is 5.03. The maximum absolute atomic E-state index is 11.6. The van der Waals surface area contributed by atoms with Crippen molar-refractivity contribution in [2.75, 3.05) is 5.32 Å². The van der Waals surface area contributed by atoms with Gasteiger partial charge in [-0.25, -0.2) is 0 Å². The number of nitrogens with two attached hydrogens (primary N) is 1. The number of carbonyl (C=O) groups is 1. The molecule has 0 atom stereocenters. The summed E-state index contributed by atoms with van der Waals surface area (Å²) in [7, 11) is 0. The van der Waals surface area contributed by atoms with E-state index in [1.165, 1.54) is 0 Å². The Hall–Kier alpha value is -0.580. The van der Waals surface area contributed by atoms with Crippen LogP contribution in [-0.2, 0) is 4.79 Å². The van der Waals surface area contributed by atoms with E-state index in [4.69, 9.17) is 17.3 Å². The molecule has 0 aromatic heterocycles. The van der Waals surface area contributed by atoms with Crippen molar-refractivity contribution >= 4 is 39.1 Å². The lowest BCUT2D eigenvalue weighted by Crippen LogP contribution is -2.37.